The molecular weight excluding hydrogens is 346 g/mol. The molecule has 0 saturated heterocycles. The molecule has 2 bridgehead atoms. The topological polar surface area (TPSA) is 57.8 Å². The average molecular weight is 374 g/mol. The molecule has 4 nitrogen and oxygen atoms in total. The van der Waals surface area contributed by atoms with Crippen molar-refractivity contribution in [2.45, 2.75) is 54.0 Å². The number of halogens is 1. The number of carbonyl (C=O) groups excluding carboxylic acids is 1. The van der Waals surface area contributed by atoms with Gasteiger partial charge in [-0.15, -0.1) is 0 Å². The number of carbonyl (C=O) groups is 1. The molecule has 0 unspecified atom stereocenters. The van der Waals surface area contributed by atoms with E-state index in [1.807, 2.05) is 6.07 Å². The predicted octanol–water partition coefficient (Wildman–Crippen LogP) is 5.04. The lowest BCUT2D eigenvalue weighted by Gasteiger charge is -2.75. The van der Waals surface area contributed by atoms with Crippen LogP contribution in [-0.2, 0) is 0 Å². The van der Waals surface area contributed by atoms with Crippen LogP contribution in [0.1, 0.15) is 58.5 Å². The van der Waals surface area contributed by atoms with Crippen LogP contribution in [0.15, 0.2) is 18.3 Å². The fourth-order valence-corrected chi connectivity index (χ4v) is 7.26. The van der Waals surface area contributed by atoms with Gasteiger partial charge in [0.15, 0.2) is 0 Å². The predicted molar refractivity (Wildman–Crippen MR) is 105 cm³/mol. The molecule has 5 heteroatoms. The lowest BCUT2D eigenvalue weighted by Crippen LogP contribution is -2.73. The molecule has 2 heterocycles. The summed E-state index contributed by atoms with van der Waals surface area (Å²) >= 11 is 5.95. The third-order valence-electron chi connectivity index (χ3n) is 7.42. The maximum Gasteiger partial charge on any atom is 0.267 e. The minimum absolute atomic E-state index is 0.0488. The highest BCUT2D eigenvalue weighted by Gasteiger charge is 2.70. The lowest BCUT2D eigenvalue weighted by atomic mass is 9.30. The normalized spacial score (nSPS) is 30.7. The fourth-order valence-electron chi connectivity index (χ4n) is 7.10. The number of pyridine rings is 1. The summed E-state index contributed by atoms with van der Waals surface area (Å²) in [6, 6.07) is 3.80. The summed E-state index contributed by atoms with van der Waals surface area (Å²) < 4.78 is 0. The monoisotopic (exact) mass is 373 g/mol. The summed E-state index contributed by atoms with van der Waals surface area (Å²) in [6.07, 6.45) is 2.70. The third-order valence-corrected chi connectivity index (χ3v) is 7.63. The Balaban J connectivity index is 1.58. The molecule has 26 heavy (non-hydrogen) atoms. The van der Waals surface area contributed by atoms with Crippen molar-refractivity contribution < 1.29 is 4.79 Å². The molecule has 2 N–H and O–H groups in total. The maximum atomic E-state index is 12.9. The highest BCUT2D eigenvalue weighted by molar-refractivity contribution is 6.30. The van der Waals surface area contributed by atoms with Gasteiger partial charge >= 0.3 is 0 Å². The SMILES string of the molecule is CC1(C)C2C[C@H](NC(=O)c3cc4cc(Cl)ncc4[nH]3)C(C)(C)C1C2(C)C. The summed E-state index contributed by atoms with van der Waals surface area (Å²) in [5, 5.41) is 4.65. The van der Waals surface area contributed by atoms with E-state index in [4.69, 9.17) is 11.6 Å². The van der Waals surface area contributed by atoms with E-state index in [-0.39, 0.29) is 17.4 Å². The molecule has 1 amide bonds. The summed E-state index contributed by atoms with van der Waals surface area (Å²) in [7, 11) is 0. The molecule has 0 radical (unpaired) electrons. The van der Waals surface area contributed by atoms with Crippen molar-refractivity contribution in [3.63, 3.8) is 0 Å². The Morgan fingerprint density at radius 3 is 2.42 bits per heavy atom. The Bertz CT molecular complexity index is 880. The Labute approximate surface area is 160 Å². The molecule has 0 aliphatic heterocycles. The molecule has 2 aromatic rings. The van der Waals surface area contributed by atoms with Gasteiger partial charge in [0, 0.05) is 11.4 Å². The number of aromatic amines is 1. The standard InChI is InChI=1S/C21H28ClN3O/c1-19(2)14-9-15(21(5,6)18(19)20(14,3)4)25-17(26)12-7-11-8-16(22)23-10-13(11)24-12/h7-8,10,14-15,18,24H,9H2,1-6H3,(H,25,26)/t14?,15-,18?/m0/s1. The van der Waals surface area contributed by atoms with Crippen LogP contribution in [0.25, 0.3) is 10.9 Å². The zero-order valence-electron chi connectivity index (χ0n) is 16.4. The van der Waals surface area contributed by atoms with Gasteiger partial charge in [-0.2, -0.15) is 0 Å². The van der Waals surface area contributed by atoms with Crippen LogP contribution in [-0.4, -0.2) is 21.9 Å². The summed E-state index contributed by atoms with van der Waals surface area (Å²) in [4.78, 5) is 20.1. The Kier molecular flexibility index (Phi) is 3.60. The van der Waals surface area contributed by atoms with Gasteiger partial charge in [-0.3, -0.25) is 4.79 Å². The molecule has 140 valence electrons. The van der Waals surface area contributed by atoms with Crippen molar-refractivity contribution in [1.82, 2.24) is 15.3 Å². The van der Waals surface area contributed by atoms with Crippen molar-refractivity contribution in [2.24, 2.45) is 28.1 Å². The van der Waals surface area contributed by atoms with Gasteiger partial charge in [-0.05, 0) is 46.6 Å². The van der Waals surface area contributed by atoms with Crippen LogP contribution in [0.5, 0.6) is 0 Å². The quantitative estimate of drug-likeness (QED) is 0.724. The number of nitrogens with zero attached hydrogens (tertiary/aromatic N) is 1. The summed E-state index contributed by atoms with van der Waals surface area (Å²) in [5.41, 5.74) is 2.11. The van der Waals surface area contributed by atoms with Crippen LogP contribution in [0.2, 0.25) is 5.15 Å². The third kappa shape index (κ3) is 2.27. The molecule has 2 aromatic heterocycles. The molecule has 3 saturated carbocycles. The van der Waals surface area contributed by atoms with E-state index < -0.39 is 0 Å². The summed E-state index contributed by atoms with van der Waals surface area (Å²) in [5.74, 6) is 1.16. The van der Waals surface area contributed by atoms with E-state index in [9.17, 15) is 4.79 Å². The summed E-state index contributed by atoms with van der Waals surface area (Å²) in [6.45, 7) is 14.2. The van der Waals surface area contributed by atoms with E-state index in [2.05, 4.69) is 56.8 Å². The first-order valence-electron chi connectivity index (χ1n) is 9.41. The van der Waals surface area contributed by atoms with Crippen LogP contribution >= 0.6 is 11.6 Å². The van der Waals surface area contributed by atoms with Crippen molar-refractivity contribution in [3.8, 4) is 0 Å². The molecule has 3 fully saturated rings. The van der Waals surface area contributed by atoms with Crippen LogP contribution in [0, 0.1) is 28.1 Å². The van der Waals surface area contributed by atoms with Crippen molar-refractivity contribution in [1.29, 1.82) is 0 Å². The zero-order valence-corrected chi connectivity index (χ0v) is 17.2. The molecule has 3 aliphatic rings. The van der Waals surface area contributed by atoms with Gasteiger partial charge in [0.2, 0.25) is 0 Å². The van der Waals surface area contributed by atoms with Gasteiger partial charge in [0.05, 0.1) is 11.7 Å². The highest BCUT2D eigenvalue weighted by atomic mass is 35.5. The minimum atomic E-state index is -0.0488. The average Bonchev–Trinajstić information content (AvgIpc) is 2.91. The van der Waals surface area contributed by atoms with Crippen molar-refractivity contribution in [3.05, 3.63) is 29.2 Å². The fraction of sp³-hybridized carbons (Fsp3) is 0.619. The molecule has 1 atom stereocenters. The first-order valence-corrected chi connectivity index (χ1v) is 9.78. The number of rotatable bonds is 2. The Morgan fingerprint density at radius 1 is 1.15 bits per heavy atom. The van der Waals surface area contributed by atoms with Gasteiger partial charge in [0.1, 0.15) is 10.8 Å². The maximum absolute atomic E-state index is 12.9. The first kappa shape index (κ1) is 17.8. The van der Waals surface area contributed by atoms with Crippen molar-refractivity contribution in [2.75, 3.05) is 0 Å². The largest absolute Gasteiger partial charge is 0.349 e. The van der Waals surface area contributed by atoms with Gasteiger partial charge in [0.25, 0.3) is 5.91 Å². The minimum Gasteiger partial charge on any atom is -0.349 e. The molecular formula is C21H28ClN3O. The Hall–Kier alpha value is -1.55. The van der Waals surface area contributed by atoms with Crippen LogP contribution < -0.4 is 5.32 Å². The van der Waals surface area contributed by atoms with Gasteiger partial charge in [-0.25, -0.2) is 4.98 Å². The number of hydrogen-bond donors (Lipinski definition) is 2. The number of amides is 1. The highest BCUT2D eigenvalue weighted by Crippen LogP contribution is 2.74. The second-order valence-corrected chi connectivity index (χ2v) is 10.4. The van der Waals surface area contributed by atoms with Gasteiger partial charge in [-0.1, -0.05) is 53.1 Å². The second-order valence-electron chi connectivity index (χ2n) is 9.99. The zero-order chi connectivity index (χ0) is 19.1. The molecule has 5 rings (SSSR count). The van der Waals surface area contributed by atoms with E-state index in [0.29, 0.717) is 33.5 Å². The number of fused-ring (bicyclic) bond motifs is 3. The van der Waals surface area contributed by atoms with E-state index >= 15 is 0 Å². The van der Waals surface area contributed by atoms with E-state index in [1.165, 1.54) is 0 Å². The van der Waals surface area contributed by atoms with Gasteiger partial charge < -0.3 is 10.3 Å². The molecule has 3 aliphatic carbocycles. The molecule has 0 aromatic carbocycles. The second kappa shape index (κ2) is 5.25. The number of aromatic nitrogens is 2. The van der Waals surface area contributed by atoms with Crippen LogP contribution in [0.3, 0.4) is 0 Å². The Morgan fingerprint density at radius 2 is 1.81 bits per heavy atom. The van der Waals surface area contributed by atoms with E-state index in [1.54, 1.807) is 12.3 Å². The van der Waals surface area contributed by atoms with Crippen molar-refractivity contribution >= 4 is 28.4 Å². The lowest BCUT2D eigenvalue weighted by molar-refractivity contribution is -0.260. The smallest absolute Gasteiger partial charge is 0.267 e. The van der Waals surface area contributed by atoms with Crippen LogP contribution in [0.4, 0.5) is 0 Å². The number of nitrogens with one attached hydrogen (secondary N) is 2. The first-order chi connectivity index (χ1) is 12.0. The van der Waals surface area contributed by atoms with E-state index in [0.717, 1.165) is 17.3 Å². The molecule has 0 spiro atoms. The number of H-pyrrole nitrogens is 1. The number of hydrogen-bond acceptors (Lipinski definition) is 2.